The summed E-state index contributed by atoms with van der Waals surface area (Å²) in [5.41, 5.74) is 2.50. The van der Waals surface area contributed by atoms with Crippen LogP contribution in [0.5, 0.6) is 5.75 Å². The zero-order valence-electron chi connectivity index (χ0n) is 29.3. The number of hydrogen-bond acceptors (Lipinski definition) is 13. The number of esters is 1. The molecule has 4 N–H and O–H groups in total. The lowest BCUT2D eigenvalue weighted by Gasteiger charge is -2.48. The molecule has 0 aromatic heterocycles. The van der Waals surface area contributed by atoms with Gasteiger partial charge in [0.25, 0.3) is 0 Å². The Morgan fingerprint density at radius 3 is 1.88 bits per heavy atom. The van der Waals surface area contributed by atoms with E-state index in [9.17, 15) is 24.9 Å². The van der Waals surface area contributed by atoms with Crippen LogP contribution in [-0.2, 0) is 62.6 Å². The lowest BCUT2D eigenvalue weighted by Crippen LogP contribution is -2.68. The van der Waals surface area contributed by atoms with Crippen molar-refractivity contribution >= 4 is 11.9 Å². The molecule has 0 aliphatic carbocycles. The number of aliphatic hydroxyl groups is 3. The molecule has 14 heteroatoms. The maximum atomic E-state index is 12.6. The number of aliphatic hydroxyl groups excluding tert-OH is 3. The molecular weight excluding hydrogens is 678 g/mol. The number of carbonyl (C=O) groups excluding carboxylic acids is 2. The van der Waals surface area contributed by atoms with E-state index >= 15 is 0 Å². The van der Waals surface area contributed by atoms with Gasteiger partial charge >= 0.3 is 5.97 Å². The standard InChI is InChI=1S/C38H47NO13/c1-23(41)39-31-34(32(43)30(50-37(31)44)22-46-19-27-14-16-28(45-3)17-15-27)52-38-36(49-24(2)42)35(48-21-26-12-8-5-9-13-26)33(29(18-40)51-38)47-20-25-10-6-4-7-11-25/h4-17,29-38,40,43-44H,18-22H2,1-3H3,(H,39,41)/t29-,30-,31-,32-,33-,34-,35+,36-,37-,38+/m1/s1. The third-order valence-electron chi connectivity index (χ3n) is 8.71. The number of benzene rings is 3. The SMILES string of the molecule is COc1ccc(COC[C@H]2O[C@@H](O)[C@H](NC(C)=O)[C@@H](O[C@@H]3O[C@H](CO)[C@@H](OCc4ccccc4)[C@H](OCc4ccccc4)[C@H]3OC(C)=O)[C@@H]2O)cc1. The molecule has 282 valence electrons. The van der Waals surface area contributed by atoms with Gasteiger partial charge in [-0.1, -0.05) is 72.8 Å². The predicted molar refractivity (Wildman–Crippen MR) is 183 cm³/mol. The van der Waals surface area contributed by atoms with Crippen molar-refractivity contribution in [1.29, 1.82) is 0 Å². The second-order valence-corrected chi connectivity index (χ2v) is 12.6. The van der Waals surface area contributed by atoms with Crippen molar-refractivity contribution in [2.75, 3.05) is 20.3 Å². The molecular formula is C38H47NO13. The molecule has 0 unspecified atom stereocenters. The molecule has 2 heterocycles. The molecule has 2 aliphatic rings. The first-order valence-corrected chi connectivity index (χ1v) is 17.1. The first kappa shape index (κ1) is 39.3. The highest BCUT2D eigenvalue weighted by Gasteiger charge is 2.54. The van der Waals surface area contributed by atoms with E-state index in [-0.39, 0.29) is 26.4 Å². The van der Waals surface area contributed by atoms with E-state index in [1.807, 2.05) is 72.8 Å². The minimum Gasteiger partial charge on any atom is -0.497 e. The smallest absolute Gasteiger partial charge is 0.303 e. The van der Waals surface area contributed by atoms with E-state index in [0.717, 1.165) is 16.7 Å². The van der Waals surface area contributed by atoms with E-state index in [4.69, 9.17) is 37.9 Å². The van der Waals surface area contributed by atoms with Gasteiger partial charge in [0.2, 0.25) is 5.91 Å². The van der Waals surface area contributed by atoms with Gasteiger partial charge in [-0.2, -0.15) is 0 Å². The monoisotopic (exact) mass is 725 g/mol. The lowest BCUT2D eigenvalue weighted by atomic mass is 9.95. The molecule has 10 atom stereocenters. The predicted octanol–water partition coefficient (Wildman–Crippen LogP) is 2.00. The number of methoxy groups -OCH3 is 1. The first-order chi connectivity index (χ1) is 25.2. The Labute approximate surface area is 302 Å². The number of ether oxygens (including phenoxy) is 8. The molecule has 3 aromatic carbocycles. The molecule has 2 aliphatic heterocycles. The molecule has 0 spiro atoms. The van der Waals surface area contributed by atoms with Gasteiger partial charge in [0, 0.05) is 13.8 Å². The third kappa shape index (κ3) is 10.6. The summed E-state index contributed by atoms with van der Waals surface area (Å²) in [6.07, 6.45) is -11.4. The first-order valence-electron chi connectivity index (χ1n) is 17.1. The second kappa shape index (κ2) is 19.2. The Kier molecular flexibility index (Phi) is 14.5. The van der Waals surface area contributed by atoms with Gasteiger partial charge in [0.15, 0.2) is 18.7 Å². The minimum atomic E-state index is -1.64. The van der Waals surface area contributed by atoms with Gasteiger partial charge in [-0.25, -0.2) is 0 Å². The van der Waals surface area contributed by atoms with Crippen molar-refractivity contribution in [3.63, 3.8) is 0 Å². The zero-order chi connectivity index (χ0) is 37.0. The molecule has 52 heavy (non-hydrogen) atoms. The van der Waals surface area contributed by atoms with Gasteiger partial charge in [-0.05, 0) is 28.8 Å². The summed E-state index contributed by atoms with van der Waals surface area (Å²) >= 11 is 0. The van der Waals surface area contributed by atoms with Gasteiger partial charge in [0.05, 0.1) is 40.1 Å². The number of carbonyl (C=O) groups is 2. The highest BCUT2D eigenvalue weighted by atomic mass is 16.7. The number of amides is 1. The summed E-state index contributed by atoms with van der Waals surface area (Å²) in [6, 6.07) is 24.6. The van der Waals surface area contributed by atoms with Crippen LogP contribution in [0.4, 0.5) is 0 Å². The fourth-order valence-corrected chi connectivity index (χ4v) is 6.17. The molecule has 2 fully saturated rings. The van der Waals surface area contributed by atoms with Crippen LogP contribution in [0.3, 0.4) is 0 Å². The number of rotatable bonds is 16. The summed E-state index contributed by atoms with van der Waals surface area (Å²) in [6.45, 7) is 2.13. The summed E-state index contributed by atoms with van der Waals surface area (Å²) in [5, 5.41) is 35.8. The van der Waals surface area contributed by atoms with Gasteiger partial charge in [-0.3, -0.25) is 9.59 Å². The van der Waals surface area contributed by atoms with Crippen LogP contribution in [-0.4, -0.2) is 109 Å². The van der Waals surface area contributed by atoms with Crippen LogP contribution in [0.2, 0.25) is 0 Å². The normalized spacial score (nSPS) is 28.9. The lowest BCUT2D eigenvalue weighted by molar-refractivity contribution is -0.351. The van der Waals surface area contributed by atoms with Crippen LogP contribution in [0.1, 0.15) is 30.5 Å². The van der Waals surface area contributed by atoms with E-state index in [0.29, 0.717) is 5.75 Å². The summed E-state index contributed by atoms with van der Waals surface area (Å²) < 4.78 is 47.8. The summed E-state index contributed by atoms with van der Waals surface area (Å²) in [4.78, 5) is 24.8. The van der Waals surface area contributed by atoms with Crippen molar-refractivity contribution in [2.24, 2.45) is 0 Å². The minimum absolute atomic E-state index is 0.0834. The molecule has 3 aromatic rings. The Morgan fingerprint density at radius 2 is 1.33 bits per heavy atom. The summed E-state index contributed by atoms with van der Waals surface area (Å²) in [5.74, 6) is -0.532. The average Bonchev–Trinajstić information content (AvgIpc) is 3.14. The Hall–Kier alpha value is -3.96. The van der Waals surface area contributed by atoms with Gasteiger partial charge in [-0.15, -0.1) is 0 Å². The molecule has 0 bridgehead atoms. The highest BCUT2D eigenvalue weighted by molar-refractivity contribution is 5.73. The van der Waals surface area contributed by atoms with E-state index in [1.165, 1.54) is 13.8 Å². The van der Waals surface area contributed by atoms with Crippen molar-refractivity contribution in [2.45, 2.75) is 95.0 Å². The van der Waals surface area contributed by atoms with E-state index in [2.05, 4.69) is 5.32 Å². The fourth-order valence-electron chi connectivity index (χ4n) is 6.17. The maximum Gasteiger partial charge on any atom is 0.303 e. The number of hydrogen-bond donors (Lipinski definition) is 4. The number of nitrogens with one attached hydrogen (secondary N) is 1. The van der Waals surface area contributed by atoms with Crippen LogP contribution in [0.15, 0.2) is 84.9 Å². The third-order valence-corrected chi connectivity index (χ3v) is 8.71. The van der Waals surface area contributed by atoms with Crippen LogP contribution in [0.25, 0.3) is 0 Å². The maximum absolute atomic E-state index is 12.6. The Morgan fingerprint density at radius 1 is 0.731 bits per heavy atom. The zero-order valence-corrected chi connectivity index (χ0v) is 29.3. The van der Waals surface area contributed by atoms with Crippen molar-refractivity contribution in [3.8, 4) is 5.75 Å². The highest BCUT2D eigenvalue weighted by Crippen LogP contribution is 2.34. The molecule has 2 saturated heterocycles. The quantitative estimate of drug-likeness (QED) is 0.158. The second-order valence-electron chi connectivity index (χ2n) is 12.6. The molecule has 5 rings (SSSR count). The molecule has 0 radical (unpaired) electrons. The molecule has 1 amide bonds. The Balaban J connectivity index is 1.40. The largest absolute Gasteiger partial charge is 0.497 e. The fraction of sp³-hybridized carbons (Fsp3) is 0.474. The van der Waals surface area contributed by atoms with Crippen LogP contribution >= 0.6 is 0 Å². The van der Waals surface area contributed by atoms with Crippen molar-refractivity contribution in [3.05, 3.63) is 102 Å². The van der Waals surface area contributed by atoms with E-state index < -0.39 is 79.8 Å². The average molecular weight is 726 g/mol. The molecule has 0 saturated carbocycles. The van der Waals surface area contributed by atoms with Gasteiger partial charge in [0.1, 0.15) is 48.4 Å². The van der Waals surface area contributed by atoms with E-state index in [1.54, 1.807) is 19.2 Å². The van der Waals surface area contributed by atoms with Crippen LogP contribution in [0, 0.1) is 0 Å². The van der Waals surface area contributed by atoms with Gasteiger partial charge < -0.3 is 58.5 Å². The topological polar surface area (TPSA) is 181 Å². The summed E-state index contributed by atoms with van der Waals surface area (Å²) in [7, 11) is 1.57. The van der Waals surface area contributed by atoms with Crippen LogP contribution < -0.4 is 10.1 Å². The Bertz CT molecular complexity index is 1530. The van der Waals surface area contributed by atoms with Crippen molar-refractivity contribution in [1.82, 2.24) is 5.32 Å². The molecule has 14 nitrogen and oxygen atoms in total. The van der Waals surface area contributed by atoms with Crippen molar-refractivity contribution < 1.29 is 62.8 Å².